The van der Waals surface area contributed by atoms with Gasteiger partial charge in [-0.25, -0.2) is 4.39 Å². The van der Waals surface area contributed by atoms with E-state index in [1.165, 1.54) is 12.3 Å². The Hall–Kier alpha value is -0.743. The van der Waals surface area contributed by atoms with Crippen molar-refractivity contribution < 1.29 is 8.82 Å². The van der Waals surface area contributed by atoms with Crippen LogP contribution in [0.2, 0.25) is 18.1 Å². The number of aromatic nitrogens is 1. The molecule has 0 atom stereocenters. The Kier molecular flexibility index (Phi) is 4.09. The molecule has 1 aliphatic carbocycles. The first-order valence-electron chi connectivity index (χ1n) is 7.40. The van der Waals surface area contributed by atoms with E-state index in [2.05, 4.69) is 38.8 Å². The molecule has 2 nitrogen and oxygen atoms in total. The highest BCUT2D eigenvalue weighted by Crippen LogP contribution is 2.45. The fraction of sp³-hybridized carbons (Fsp3) is 0.688. The highest BCUT2D eigenvalue weighted by atomic mass is 28.4. The molecule has 0 spiro atoms. The molecule has 0 saturated heterocycles. The van der Waals surface area contributed by atoms with Gasteiger partial charge in [0, 0.05) is 23.6 Å². The molecular weight excluding hydrogens is 269 g/mol. The van der Waals surface area contributed by atoms with Crippen molar-refractivity contribution in [2.24, 2.45) is 0 Å². The summed E-state index contributed by atoms with van der Waals surface area (Å²) in [6, 6.07) is 1.46. The van der Waals surface area contributed by atoms with E-state index < -0.39 is 8.32 Å². The normalized spacial score (nSPS) is 23.6. The average molecular weight is 295 g/mol. The molecule has 1 aliphatic rings. The van der Waals surface area contributed by atoms with Gasteiger partial charge in [-0.05, 0) is 49.9 Å². The molecule has 1 aromatic heterocycles. The Morgan fingerprint density at radius 1 is 1.30 bits per heavy atom. The van der Waals surface area contributed by atoms with Crippen molar-refractivity contribution in [2.75, 3.05) is 0 Å². The van der Waals surface area contributed by atoms with Gasteiger partial charge in [-0.1, -0.05) is 20.8 Å². The maximum absolute atomic E-state index is 13.9. The van der Waals surface area contributed by atoms with Gasteiger partial charge in [0.15, 0.2) is 8.32 Å². The predicted octanol–water partition coefficient (Wildman–Crippen LogP) is 4.80. The largest absolute Gasteiger partial charge is 0.414 e. The number of aryl methyl sites for hydroxylation is 1. The van der Waals surface area contributed by atoms with E-state index in [4.69, 9.17) is 4.43 Å². The lowest BCUT2D eigenvalue weighted by Gasteiger charge is -2.45. The van der Waals surface area contributed by atoms with Gasteiger partial charge in [-0.2, -0.15) is 0 Å². The van der Waals surface area contributed by atoms with Crippen LogP contribution in [0.5, 0.6) is 0 Å². The first-order chi connectivity index (χ1) is 9.12. The summed E-state index contributed by atoms with van der Waals surface area (Å²) in [5.41, 5.74) is 1.61. The van der Waals surface area contributed by atoms with Gasteiger partial charge in [0.05, 0.1) is 0 Å². The van der Waals surface area contributed by atoms with E-state index in [1.54, 1.807) is 0 Å². The molecule has 0 aromatic carbocycles. The second-order valence-electron chi connectivity index (χ2n) is 7.46. The minimum Gasteiger partial charge on any atom is -0.414 e. The molecule has 0 bridgehead atoms. The van der Waals surface area contributed by atoms with Crippen molar-refractivity contribution in [3.63, 3.8) is 0 Å². The minimum absolute atomic E-state index is 0.117. The molecule has 2 rings (SSSR count). The maximum Gasteiger partial charge on any atom is 0.192 e. The molecule has 1 aromatic rings. The van der Waals surface area contributed by atoms with Crippen molar-refractivity contribution in [3.8, 4) is 0 Å². The Morgan fingerprint density at radius 3 is 2.40 bits per heavy atom. The second kappa shape index (κ2) is 5.23. The van der Waals surface area contributed by atoms with E-state index >= 15 is 0 Å². The molecule has 0 radical (unpaired) electrons. The van der Waals surface area contributed by atoms with Gasteiger partial charge in [-0.3, -0.25) is 4.98 Å². The third-order valence-electron chi connectivity index (χ3n) is 4.91. The number of rotatable bonds is 3. The van der Waals surface area contributed by atoms with Crippen LogP contribution in [0, 0.1) is 12.7 Å². The Bertz CT molecular complexity index is 469. The van der Waals surface area contributed by atoms with E-state index in [0.717, 1.165) is 24.1 Å². The summed E-state index contributed by atoms with van der Waals surface area (Å²) in [7, 11) is -1.70. The summed E-state index contributed by atoms with van der Waals surface area (Å²) in [6.45, 7) is 13.2. The van der Waals surface area contributed by atoms with Crippen molar-refractivity contribution in [1.29, 1.82) is 0 Å². The van der Waals surface area contributed by atoms with E-state index in [9.17, 15) is 4.39 Å². The van der Waals surface area contributed by atoms with Crippen LogP contribution in [0.25, 0.3) is 0 Å². The summed E-state index contributed by atoms with van der Waals surface area (Å²) in [5.74, 6) is 0.159. The zero-order chi connectivity index (χ0) is 15.1. The molecule has 0 amide bonds. The van der Waals surface area contributed by atoms with E-state index in [0.29, 0.717) is 6.10 Å². The standard InChI is InChI=1S/C16H26FNOSi/c1-11-15(14(17)7-8-18-11)12-9-13(10-12)19-20(5,6)16(2,3)4/h7-8,12-13H,9-10H2,1-6H3. The summed E-state index contributed by atoms with van der Waals surface area (Å²) >= 11 is 0. The van der Waals surface area contributed by atoms with E-state index in [1.807, 2.05) is 6.92 Å². The van der Waals surface area contributed by atoms with Gasteiger partial charge < -0.3 is 4.43 Å². The average Bonchev–Trinajstić information content (AvgIpc) is 2.23. The number of halogens is 1. The van der Waals surface area contributed by atoms with Crippen LogP contribution in [0.15, 0.2) is 12.3 Å². The molecule has 0 aliphatic heterocycles. The van der Waals surface area contributed by atoms with Crippen molar-refractivity contribution in [2.45, 2.75) is 70.7 Å². The first-order valence-corrected chi connectivity index (χ1v) is 10.3. The molecule has 1 heterocycles. The van der Waals surface area contributed by atoms with Crippen molar-refractivity contribution in [3.05, 3.63) is 29.3 Å². The number of nitrogens with zero attached hydrogens (tertiary/aromatic N) is 1. The van der Waals surface area contributed by atoms with Crippen molar-refractivity contribution in [1.82, 2.24) is 4.98 Å². The molecule has 1 saturated carbocycles. The lowest BCUT2D eigenvalue weighted by atomic mass is 9.77. The molecule has 0 N–H and O–H groups in total. The summed E-state index contributed by atoms with van der Waals surface area (Å²) in [6.07, 6.45) is 3.68. The quantitative estimate of drug-likeness (QED) is 0.747. The molecule has 112 valence electrons. The van der Waals surface area contributed by atoms with Crippen LogP contribution < -0.4 is 0 Å². The highest BCUT2D eigenvalue weighted by molar-refractivity contribution is 6.74. The predicted molar refractivity (Wildman–Crippen MR) is 83.0 cm³/mol. The monoisotopic (exact) mass is 295 g/mol. The van der Waals surface area contributed by atoms with Crippen LogP contribution in [0.3, 0.4) is 0 Å². The number of hydrogen-bond acceptors (Lipinski definition) is 2. The Labute approximate surface area is 122 Å². The van der Waals surface area contributed by atoms with E-state index in [-0.39, 0.29) is 16.8 Å². The van der Waals surface area contributed by atoms with Crippen LogP contribution in [-0.4, -0.2) is 19.4 Å². The third kappa shape index (κ3) is 2.96. The topological polar surface area (TPSA) is 22.1 Å². The number of hydrogen-bond donors (Lipinski definition) is 0. The molecule has 4 heteroatoms. The van der Waals surface area contributed by atoms with Crippen LogP contribution >= 0.6 is 0 Å². The number of pyridine rings is 1. The third-order valence-corrected chi connectivity index (χ3v) is 9.44. The second-order valence-corrected chi connectivity index (χ2v) is 12.2. The fourth-order valence-corrected chi connectivity index (χ4v) is 3.91. The highest BCUT2D eigenvalue weighted by Gasteiger charge is 2.43. The van der Waals surface area contributed by atoms with Crippen LogP contribution in [0.1, 0.15) is 50.8 Å². The fourth-order valence-electron chi connectivity index (χ4n) is 2.53. The van der Waals surface area contributed by atoms with Gasteiger partial charge in [-0.15, -0.1) is 0 Å². The Morgan fingerprint density at radius 2 is 1.90 bits per heavy atom. The summed E-state index contributed by atoms with van der Waals surface area (Å²) < 4.78 is 20.3. The maximum atomic E-state index is 13.9. The van der Waals surface area contributed by atoms with Crippen molar-refractivity contribution >= 4 is 8.32 Å². The summed E-state index contributed by atoms with van der Waals surface area (Å²) in [5, 5.41) is 0.230. The van der Waals surface area contributed by atoms with Crippen LogP contribution in [-0.2, 0) is 4.43 Å². The molecular formula is C16H26FNOSi. The lowest BCUT2D eigenvalue weighted by Crippen LogP contribution is -2.47. The smallest absolute Gasteiger partial charge is 0.192 e. The van der Waals surface area contributed by atoms with Gasteiger partial charge >= 0.3 is 0 Å². The SMILES string of the molecule is Cc1nccc(F)c1C1CC(O[Si](C)(C)C(C)(C)C)C1. The first kappa shape index (κ1) is 15.6. The van der Waals surface area contributed by atoms with Gasteiger partial charge in [0.25, 0.3) is 0 Å². The summed E-state index contributed by atoms with van der Waals surface area (Å²) in [4.78, 5) is 4.21. The Balaban J connectivity index is 1.99. The van der Waals surface area contributed by atoms with Crippen LogP contribution in [0.4, 0.5) is 4.39 Å². The zero-order valence-corrected chi connectivity index (χ0v) is 14.5. The van der Waals surface area contributed by atoms with Gasteiger partial charge in [0.2, 0.25) is 0 Å². The lowest BCUT2D eigenvalue weighted by molar-refractivity contribution is 0.0825. The minimum atomic E-state index is -1.70. The molecule has 0 unspecified atom stereocenters. The molecule has 20 heavy (non-hydrogen) atoms. The van der Waals surface area contributed by atoms with Gasteiger partial charge in [0.1, 0.15) is 5.82 Å². The molecule has 1 fully saturated rings. The zero-order valence-electron chi connectivity index (χ0n) is 13.5.